The molecule has 0 fully saturated rings. The Morgan fingerprint density at radius 3 is 2.62 bits per heavy atom. The van der Waals surface area contributed by atoms with Crippen molar-refractivity contribution in [3.05, 3.63) is 42.5 Å². The molecule has 0 saturated carbocycles. The normalized spacial score (nSPS) is 11.3. The molecule has 0 saturated heterocycles. The zero-order chi connectivity index (χ0) is 17.9. The molecule has 26 heavy (non-hydrogen) atoms. The quantitative estimate of drug-likeness (QED) is 0.254. The molecule has 1 heterocycles. The van der Waals surface area contributed by atoms with E-state index in [1.165, 1.54) is 11.9 Å². The van der Waals surface area contributed by atoms with Crippen LogP contribution >= 0.6 is 24.0 Å². The number of ether oxygens (including phenoxy) is 1. The van der Waals surface area contributed by atoms with Crippen molar-refractivity contribution < 1.29 is 4.74 Å². The highest BCUT2D eigenvalue weighted by Gasteiger charge is 2.00. The standard InChI is InChI=1S/C18H28N6O.HI/c1-15(2)12-25-10-4-9-21-18(19-3)22-11-16-5-7-17(8-6-16)24-14-20-13-23-24;/h5-8,13-15H,4,9-12H2,1-3H3,(H2,19,21,22);1H. The third kappa shape index (κ3) is 8.13. The molecule has 8 heteroatoms. The second-order valence-corrected chi connectivity index (χ2v) is 6.18. The summed E-state index contributed by atoms with van der Waals surface area (Å²) in [5.74, 6) is 1.38. The minimum atomic E-state index is 0. The number of aliphatic imine (C=N–C) groups is 1. The van der Waals surface area contributed by atoms with E-state index >= 15 is 0 Å². The summed E-state index contributed by atoms with van der Waals surface area (Å²) in [6, 6.07) is 8.18. The van der Waals surface area contributed by atoms with E-state index in [0.29, 0.717) is 12.5 Å². The van der Waals surface area contributed by atoms with Crippen LogP contribution in [0.5, 0.6) is 0 Å². The maximum atomic E-state index is 5.57. The Balaban J connectivity index is 0.00000338. The number of nitrogens with zero attached hydrogens (tertiary/aromatic N) is 4. The van der Waals surface area contributed by atoms with Crippen molar-refractivity contribution in [3.63, 3.8) is 0 Å². The van der Waals surface area contributed by atoms with E-state index in [1.54, 1.807) is 18.1 Å². The molecule has 0 radical (unpaired) electrons. The number of rotatable bonds is 9. The number of benzene rings is 1. The zero-order valence-corrected chi connectivity index (χ0v) is 18.0. The molecule has 2 aromatic rings. The van der Waals surface area contributed by atoms with Crippen molar-refractivity contribution in [3.8, 4) is 5.69 Å². The van der Waals surface area contributed by atoms with Gasteiger partial charge >= 0.3 is 0 Å². The molecule has 1 aromatic heterocycles. The first-order valence-corrected chi connectivity index (χ1v) is 8.65. The summed E-state index contributed by atoms with van der Waals surface area (Å²) >= 11 is 0. The van der Waals surface area contributed by atoms with Gasteiger partial charge < -0.3 is 15.4 Å². The van der Waals surface area contributed by atoms with Crippen LogP contribution in [0.3, 0.4) is 0 Å². The number of aromatic nitrogens is 3. The van der Waals surface area contributed by atoms with Crippen LogP contribution < -0.4 is 10.6 Å². The van der Waals surface area contributed by atoms with E-state index in [2.05, 4.69) is 51.7 Å². The van der Waals surface area contributed by atoms with E-state index in [0.717, 1.165) is 37.8 Å². The number of halogens is 1. The van der Waals surface area contributed by atoms with Gasteiger partial charge in [-0.05, 0) is 30.0 Å². The molecule has 0 spiro atoms. The first kappa shape index (κ1) is 22.4. The lowest BCUT2D eigenvalue weighted by molar-refractivity contribution is 0.108. The zero-order valence-electron chi connectivity index (χ0n) is 15.7. The monoisotopic (exact) mass is 472 g/mol. The Morgan fingerprint density at radius 2 is 2.00 bits per heavy atom. The Morgan fingerprint density at radius 1 is 1.23 bits per heavy atom. The average molecular weight is 472 g/mol. The topological polar surface area (TPSA) is 76.4 Å². The molecule has 0 amide bonds. The molecule has 0 aliphatic rings. The molecule has 2 rings (SSSR count). The van der Waals surface area contributed by atoms with Gasteiger partial charge in [-0.2, -0.15) is 5.10 Å². The predicted octanol–water partition coefficient (Wildman–Crippen LogP) is 2.61. The molecular formula is C18H29IN6O. The Kier molecular flexibility index (Phi) is 10.9. The lowest BCUT2D eigenvalue weighted by atomic mass is 10.2. The van der Waals surface area contributed by atoms with Gasteiger partial charge in [0.15, 0.2) is 5.96 Å². The molecule has 0 aliphatic heterocycles. The van der Waals surface area contributed by atoms with Crippen molar-refractivity contribution >= 4 is 29.9 Å². The molecule has 2 N–H and O–H groups in total. The fourth-order valence-corrected chi connectivity index (χ4v) is 2.21. The second-order valence-electron chi connectivity index (χ2n) is 6.18. The van der Waals surface area contributed by atoms with Crippen LogP contribution in [0.1, 0.15) is 25.8 Å². The highest BCUT2D eigenvalue weighted by Crippen LogP contribution is 2.07. The fourth-order valence-electron chi connectivity index (χ4n) is 2.21. The molecule has 0 unspecified atom stereocenters. The van der Waals surface area contributed by atoms with Crippen molar-refractivity contribution in [1.29, 1.82) is 0 Å². The van der Waals surface area contributed by atoms with Crippen LogP contribution in [0, 0.1) is 5.92 Å². The van der Waals surface area contributed by atoms with Crippen LogP contribution in [-0.4, -0.2) is 47.5 Å². The highest BCUT2D eigenvalue weighted by atomic mass is 127. The van der Waals surface area contributed by atoms with Crippen molar-refractivity contribution in [1.82, 2.24) is 25.4 Å². The van der Waals surface area contributed by atoms with Gasteiger partial charge in [-0.1, -0.05) is 26.0 Å². The first-order chi connectivity index (χ1) is 12.2. The average Bonchev–Trinajstić information content (AvgIpc) is 3.15. The SMILES string of the molecule is CN=C(NCCCOCC(C)C)NCc1ccc(-n2cncn2)cc1.I. The summed E-state index contributed by atoms with van der Waals surface area (Å²) in [7, 11) is 1.78. The maximum absolute atomic E-state index is 5.57. The van der Waals surface area contributed by atoms with Crippen LogP contribution in [0.25, 0.3) is 5.69 Å². The van der Waals surface area contributed by atoms with Gasteiger partial charge in [0.2, 0.25) is 0 Å². The molecular weight excluding hydrogens is 443 g/mol. The van der Waals surface area contributed by atoms with E-state index in [9.17, 15) is 0 Å². The third-order valence-corrected chi connectivity index (χ3v) is 3.51. The Labute approximate surface area is 172 Å². The van der Waals surface area contributed by atoms with Gasteiger partial charge in [-0.3, -0.25) is 4.99 Å². The molecule has 0 bridgehead atoms. The summed E-state index contributed by atoms with van der Waals surface area (Å²) in [6.45, 7) is 7.44. The minimum Gasteiger partial charge on any atom is -0.381 e. The van der Waals surface area contributed by atoms with Crippen LogP contribution in [0.4, 0.5) is 0 Å². The van der Waals surface area contributed by atoms with E-state index in [4.69, 9.17) is 4.74 Å². The van der Waals surface area contributed by atoms with Crippen molar-refractivity contribution in [2.75, 3.05) is 26.8 Å². The second kappa shape index (κ2) is 12.6. The van der Waals surface area contributed by atoms with Gasteiger partial charge in [-0.15, -0.1) is 24.0 Å². The maximum Gasteiger partial charge on any atom is 0.191 e. The summed E-state index contributed by atoms with van der Waals surface area (Å²) in [6.07, 6.45) is 4.17. The van der Waals surface area contributed by atoms with Crippen LogP contribution in [0.2, 0.25) is 0 Å². The van der Waals surface area contributed by atoms with Gasteiger partial charge in [0.25, 0.3) is 0 Å². The molecule has 7 nitrogen and oxygen atoms in total. The lowest BCUT2D eigenvalue weighted by Crippen LogP contribution is -2.37. The molecule has 144 valence electrons. The van der Waals surface area contributed by atoms with E-state index < -0.39 is 0 Å². The molecule has 1 aromatic carbocycles. The van der Waals surface area contributed by atoms with E-state index in [1.807, 2.05) is 12.1 Å². The Bertz CT molecular complexity index is 628. The third-order valence-electron chi connectivity index (χ3n) is 3.51. The van der Waals surface area contributed by atoms with Crippen molar-refractivity contribution in [2.24, 2.45) is 10.9 Å². The van der Waals surface area contributed by atoms with Crippen LogP contribution in [0.15, 0.2) is 41.9 Å². The van der Waals surface area contributed by atoms with Gasteiger partial charge in [-0.25, -0.2) is 9.67 Å². The molecule has 0 atom stereocenters. The number of hydrogen-bond donors (Lipinski definition) is 2. The Hall–Kier alpha value is -1.68. The first-order valence-electron chi connectivity index (χ1n) is 8.65. The summed E-state index contributed by atoms with van der Waals surface area (Å²) in [5, 5.41) is 10.7. The van der Waals surface area contributed by atoms with Gasteiger partial charge in [0, 0.05) is 33.4 Å². The fraction of sp³-hybridized carbons (Fsp3) is 0.500. The van der Waals surface area contributed by atoms with Gasteiger partial charge in [0.05, 0.1) is 5.69 Å². The number of guanidine groups is 1. The summed E-state index contributed by atoms with van der Waals surface area (Å²) in [4.78, 5) is 8.19. The number of nitrogens with one attached hydrogen (secondary N) is 2. The van der Waals surface area contributed by atoms with Crippen molar-refractivity contribution in [2.45, 2.75) is 26.8 Å². The predicted molar refractivity (Wildman–Crippen MR) is 115 cm³/mol. The van der Waals surface area contributed by atoms with Gasteiger partial charge in [0.1, 0.15) is 12.7 Å². The number of hydrogen-bond acceptors (Lipinski definition) is 4. The summed E-state index contributed by atoms with van der Waals surface area (Å²) < 4.78 is 7.30. The summed E-state index contributed by atoms with van der Waals surface area (Å²) in [5.41, 5.74) is 2.16. The lowest BCUT2D eigenvalue weighted by Gasteiger charge is -2.12. The van der Waals surface area contributed by atoms with Crippen LogP contribution in [-0.2, 0) is 11.3 Å². The smallest absolute Gasteiger partial charge is 0.191 e. The molecule has 0 aliphatic carbocycles. The largest absolute Gasteiger partial charge is 0.381 e. The van der Waals surface area contributed by atoms with E-state index in [-0.39, 0.29) is 24.0 Å². The highest BCUT2D eigenvalue weighted by molar-refractivity contribution is 14.0. The minimum absolute atomic E-state index is 0.